The van der Waals surface area contributed by atoms with Crippen molar-refractivity contribution in [3.63, 3.8) is 0 Å². The van der Waals surface area contributed by atoms with Gasteiger partial charge in [0, 0.05) is 23.3 Å². The lowest BCUT2D eigenvalue weighted by Gasteiger charge is -2.60. The van der Waals surface area contributed by atoms with Crippen LogP contribution in [-0.4, -0.2) is 25.0 Å². The molecule has 4 fully saturated rings. The summed E-state index contributed by atoms with van der Waals surface area (Å²) in [5, 5.41) is 3.83. The molecule has 0 unspecified atom stereocenters. The third-order valence-corrected chi connectivity index (χ3v) is 17.8. The minimum Gasteiger partial charge on any atom is -0.401 e. The van der Waals surface area contributed by atoms with Crippen molar-refractivity contribution in [1.82, 2.24) is 0 Å². The Kier molecular flexibility index (Phi) is 7.19. The molecule has 2 nitrogen and oxygen atoms in total. The van der Waals surface area contributed by atoms with Gasteiger partial charge in [-0.3, -0.25) is 4.79 Å². The van der Waals surface area contributed by atoms with E-state index < -0.39 is 8.32 Å². The number of Topliss-reactive ketones (excluding diaryl/α,β-unsaturated/α-hetero) is 1. The molecular formula is C37H43BrO2Si. The lowest BCUT2D eigenvalue weighted by Crippen LogP contribution is -2.71. The highest BCUT2D eigenvalue weighted by Gasteiger charge is 2.62. The second-order valence-corrected chi connectivity index (χ2v) is 18.4. The van der Waals surface area contributed by atoms with E-state index in [1.54, 1.807) is 0 Å². The number of hydrogen-bond donors (Lipinski definition) is 0. The van der Waals surface area contributed by atoms with E-state index in [0.717, 1.165) is 25.7 Å². The molecule has 0 aliphatic heterocycles. The van der Waals surface area contributed by atoms with Crippen molar-refractivity contribution in [2.45, 2.75) is 76.1 Å². The summed E-state index contributed by atoms with van der Waals surface area (Å²) in [5.41, 5.74) is 0.458. The molecule has 214 valence electrons. The number of hydrogen-bond acceptors (Lipinski definition) is 2. The smallest absolute Gasteiger partial charge is 0.288 e. The predicted octanol–water partition coefficient (Wildman–Crippen LogP) is 7.02. The highest BCUT2D eigenvalue weighted by Crippen LogP contribution is 2.66. The molecule has 4 saturated carbocycles. The van der Waals surface area contributed by atoms with Gasteiger partial charge in [0.25, 0.3) is 8.32 Å². The van der Waals surface area contributed by atoms with Crippen molar-refractivity contribution in [2.24, 2.45) is 34.5 Å². The Morgan fingerprint density at radius 2 is 1.22 bits per heavy atom. The Morgan fingerprint density at radius 1 is 0.707 bits per heavy atom. The largest absolute Gasteiger partial charge is 0.401 e. The third kappa shape index (κ3) is 4.38. The minimum atomic E-state index is -2.80. The standard InChI is InChI=1S/C37H43BrO2Si/c1-36-22-20-26(24-33(36)34(39)25-30-31-18-19-35(38)37(31,2)23-21-32(30)36)40-41(27-12-6-3-7-13-27,28-14-8-4-9-15-28)29-16-10-5-11-17-29/h3-17,26,30-33,35H,18-25H2,1-2H3/t26-,30-,31-,32-,33+,35-,36+,37-/m0/s1. The van der Waals surface area contributed by atoms with Gasteiger partial charge in [0.1, 0.15) is 5.78 Å². The van der Waals surface area contributed by atoms with Gasteiger partial charge in [-0.15, -0.1) is 0 Å². The van der Waals surface area contributed by atoms with Crippen LogP contribution in [0.1, 0.15) is 65.2 Å². The first kappa shape index (κ1) is 27.8. The molecule has 3 aromatic carbocycles. The van der Waals surface area contributed by atoms with Crippen LogP contribution >= 0.6 is 15.9 Å². The van der Waals surface area contributed by atoms with E-state index in [1.807, 2.05) is 0 Å². The maximum absolute atomic E-state index is 14.1. The van der Waals surface area contributed by atoms with Crippen molar-refractivity contribution >= 4 is 45.6 Å². The van der Waals surface area contributed by atoms with Crippen molar-refractivity contribution < 1.29 is 9.22 Å². The van der Waals surface area contributed by atoms with E-state index in [2.05, 4.69) is 121 Å². The second kappa shape index (κ2) is 10.6. The molecule has 4 aliphatic rings. The fraction of sp³-hybridized carbons (Fsp3) is 0.486. The van der Waals surface area contributed by atoms with E-state index in [9.17, 15) is 4.79 Å². The molecule has 0 heterocycles. The summed E-state index contributed by atoms with van der Waals surface area (Å²) in [6.07, 6.45) is 8.99. The number of rotatable bonds is 5. The van der Waals surface area contributed by atoms with Crippen LogP contribution in [0.25, 0.3) is 0 Å². The monoisotopic (exact) mass is 626 g/mol. The average molecular weight is 628 g/mol. The number of carbonyl (C=O) groups is 1. The number of ketones is 1. The van der Waals surface area contributed by atoms with Crippen molar-refractivity contribution in [3.8, 4) is 0 Å². The number of fused-ring (bicyclic) bond motifs is 5. The Morgan fingerprint density at radius 3 is 1.78 bits per heavy atom. The topological polar surface area (TPSA) is 26.3 Å². The Hall–Kier alpha value is -2.01. The Balaban J connectivity index is 1.23. The zero-order valence-electron chi connectivity index (χ0n) is 24.5. The van der Waals surface area contributed by atoms with Crippen LogP contribution in [-0.2, 0) is 9.22 Å². The van der Waals surface area contributed by atoms with Crippen LogP contribution < -0.4 is 15.6 Å². The van der Waals surface area contributed by atoms with Crippen LogP contribution in [0, 0.1) is 34.5 Å². The normalized spacial score (nSPS) is 36.7. The SMILES string of the molecule is C[C@]12CC[C@H](O[Si](c3ccccc3)(c3ccccc3)c3ccccc3)C[C@@H]1C(=O)C[C@@H]1[C@@H]2CC[C@]2(C)[C@@H](Br)CC[C@@H]12. The summed E-state index contributed by atoms with van der Waals surface area (Å²) < 4.78 is 7.60. The molecule has 0 bridgehead atoms. The van der Waals surface area contributed by atoms with Gasteiger partial charge < -0.3 is 4.43 Å². The molecule has 4 heteroatoms. The molecule has 8 atom stereocenters. The molecule has 0 aromatic heterocycles. The first-order chi connectivity index (χ1) is 19.9. The van der Waals surface area contributed by atoms with E-state index in [-0.39, 0.29) is 17.4 Å². The molecule has 0 spiro atoms. The summed E-state index contributed by atoms with van der Waals surface area (Å²) in [4.78, 5) is 14.7. The van der Waals surface area contributed by atoms with Gasteiger partial charge in [-0.2, -0.15) is 0 Å². The fourth-order valence-electron chi connectivity index (χ4n) is 10.0. The summed E-state index contributed by atoms with van der Waals surface area (Å²) in [5.74, 6) is 2.56. The summed E-state index contributed by atoms with van der Waals surface area (Å²) in [6, 6.07) is 32.7. The molecule has 4 aliphatic carbocycles. The molecule has 3 aromatic rings. The highest BCUT2D eigenvalue weighted by atomic mass is 79.9. The van der Waals surface area contributed by atoms with E-state index in [1.165, 1.54) is 41.2 Å². The lowest BCUT2D eigenvalue weighted by atomic mass is 9.45. The first-order valence-corrected chi connectivity index (χ1v) is 18.7. The van der Waals surface area contributed by atoms with Gasteiger partial charge >= 0.3 is 0 Å². The lowest BCUT2D eigenvalue weighted by molar-refractivity contribution is -0.156. The van der Waals surface area contributed by atoms with E-state index in [4.69, 9.17) is 4.43 Å². The zero-order valence-corrected chi connectivity index (χ0v) is 27.1. The molecule has 0 N–H and O–H groups in total. The number of carbonyl (C=O) groups excluding carboxylic acids is 1. The van der Waals surface area contributed by atoms with E-state index in [0.29, 0.717) is 33.8 Å². The van der Waals surface area contributed by atoms with Gasteiger partial charge in [0.2, 0.25) is 0 Å². The average Bonchev–Trinajstić information content (AvgIpc) is 3.32. The second-order valence-electron chi connectivity index (χ2n) is 14.0. The van der Waals surface area contributed by atoms with Crippen LogP contribution in [0.5, 0.6) is 0 Å². The zero-order chi connectivity index (χ0) is 28.2. The van der Waals surface area contributed by atoms with Gasteiger partial charge in [-0.05, 0) is 89.1 Å². The number of alkyl halides is 1. The molecule has 7 rings (SSSR count). The van der Waals surface area contributed by atoms with Crippen molar-refractivity contribution in [1.29, 1.82) is 0 Å². The van der Waals surface area contributed by atoms with Crippen LogP contribution in [0.4, 0.5) is 0 Å². The summed E-state index contributed by atoms with van der Waals surface area (Å²) >= 11 is 4.05. The predicted molar refractivity (Wildman–Crippen MR) is 174 cm³/mol. The molecular weight excluding hydrogens is 584 g/mol. The third-order valence-electron chi connectivity index (χ3n) is 12.2. The maximum Gasteiger partial charge on any atom is 0.288 e. The number of halogens is 1. The first-order valence-electron chi connectivity index (χ1n) is 15.9. The Bertz CT molecular complexity index is 1280. The van der Waals surface area contributed by atoms with Crippen LogP contribution in [0.3, 0.4) is 0 Å². The molecule has 41 heavy (non-hydrogen) atoms. The van der Waals surface area contributed by atoms with Crippen molar-refractivity contribution in [2.75, 3.05) is 0 Å². The summed E-state index contributed by atoms with van der Waals surface area (Å²) in [6.45, 7) is 4.99. The molecule has 0 saturated heterocycles. The van der Waals surface area contributed by atoms with Gasteiger partial charge in [-0.1, -0.05) is 121 Å². The summed E-state index contributed by atoms with van der Waals surface area (Å²) in [7, 11) is -2.80. The van der Waals surface area contributed by atoms with Crippen molar-refractivity contribution in [3.05, 3.63) is 91.0 Å². The maximum atomic E-state index is 14.1. The van der Waals surface area contributed by atoms with E-state index >= 15 is 0 Å². The van der Waals surface area contributed by atoms with Gasteiger partial charge in [0.05, 0.1) is 0 Å². The minimum absolute atomic E-state index is 0.0770. The highest BCUT2D eigenvalue weighted by molar-refractivity contribution is 9.09. The molecule has 0 amide bonds. The quantitative estimate of drug-likeness (QED) is 0.173. The molecule has 0 radical (unpaired) electrons. The fourth-order valence-corrected chi connectivity index (χ4v) is 15.0. The van der Waals surface area contributed by atoms with Crippen LogP contribution in [0.15, 0.2) is 91.0 Å². The van der Waals surface area contributed by atoms with Gasteiger partial charge in [-0.25, -0.2) is 0 Å². The van der Waals surface area contributed by atoms with Crippen LogP contribution in [0.2, 0.25) is 0 Å². The number of benzene rings is 3. The Labute approximate surface area is 255 Å². The van der Waals surface area contributed by atoms with Gasteiger partial charge in [0.15, 0.2) is 0 Å².